The van der Waals surface area contributed by atoms with Gasteiger partial charge in [0, 0.05) is 0 Å². The normalized spacial score (nSPS) is 14.1. The van der Waals surface area contributed by atoms with E-state index >= 15 is 0 Å². The Hall–Kier alpha value is -1.29. The lowest BCUT2D eigenvalue weighted by molar-refractivity contribution is 0.565. The Balaban J connectivity index is 2.47. The molecule has 1 aromatic carbocycles. The number of nitrogens with zero attached hydrogens (tertiary/aromatic N) is 1. The lowest BCUT2D eigenvalue weighted by atomic mass is 9.71. The van der Waals surface area contributed by atoms with Crippen LogP contribution in [0, 0.1) is 0 Å². The van der Waals surface area contributed by atoms with Crippen molar-refractivity contribution in [2.75, 3.05) is 0 Å². The zero-order chi connectivity index (χ0) is 10.1. The van der Waals surface area contributed by atoms with E-state index in [0.29, 0.717) is 5.92 Å². The molecule has 72 valence electrons. The first-order chi connectivity index (χ1) is 6.68. The van der Waals surface area contributed by atoms with Crippen molar-refractivity contribution in [1.29, 1.82) is 0 Å². The van der Waals surface area contributed by atoms with Crippen molar-refractivity contribution >= 4 is 18.7 Å². The minimum atomic E-state index is -0.673. The summed E-state index contributed by atoms with van der Waals surface area (Å²) in [6.45, 7) is 4.27. The van der Waals surface area contributed by atoms with E-state index in [-0.39, 0.29) is 0 Å². The SMILES string of the molecule is CC(C)c1ccc2c(c1)B(O)NN=C2. The number of benzene rings is 1. The minimum absolute atomic E-state index is 0.478. The molecule has 2 N–H and O–H groups in total. The average Bonchev–Trinajstić information content (AvgIpc) is 2.18. The third-order valence-corrected chi connectivity index (χ3v) is 2.47. The van der Waals surface area contributed by atoms with Gasteiger partial charge in [-0.25, -0.2) is 0 Å². The van der Waals surface area contributed by atoms with Crippen LogP contribution in [0.1, 0.15) is 30.9 Å². The van der Waals surface area contributed by atoms with Crippen molar-refractivity contribution in [3.8, 4) is 0 Å². The van der Waals surface area contributed by atoms with Gasteiger partial charge in [-0.3, -0.25) is 0 Å². The molecule has 0 aliphatic carbocycles. The molecule has 1 heterocycles. The van der Waals surface area contributed by atoms with Gasteiger partial charge >= 0.3 is 7.05 Å². The highest BCUT2D eigenvalue weighted by Crippen LogP contribution is 2.13. The first-order valence-corrected chi connectivity index (χ1v) is 4.79. The monoisotopic (exact) mass is 188 g/mol. The van der Waals surface area contributed by atoms with Gasteiger partial charge in [-0.05, 0) is 22.5 Å². The smallest absolute Gasteiger partial charge is 0.428 e. The van der Waals surface area contributed by atoms with Gasteiger partial charge in [-0.1, -0.05) is 32.0 Å². The molecule has 0 bridgehead atoms. The summed E-state index contributed by atoms with van der Waals surface area (Å²) >= 11 is 0. The van der Waals surface area contributed by atoms with Crippen LogP contribution in [0.2, 0.25) is 0 Å². The molecule has 0 aromatic heterocycles. The topological polar surface area (TPSA) is 44.6 Å². The van der Waals surface area contributed by atoms with Crippen molar-refractivity contribution in [2.45, 2.75) is 19.8 Å². The second-order valence-corrected chi connectivity index (χ2v) is 3.83. The number of hydrazone groups is 1. The number of nitrogens with one attached hydrogen (secondary N) is 1. The van der Waals surface area contributed by atoms with Crippen LogP contribution in [-0.2, 0) is 0 Å². The van der Waals surface area contributed by atoms with Gasteiger partial charge in [0.05, 0.1) is 6.21 Å². The van der Waals surface area contributed by atoms with Gasteiger partial charge in [-0.15, -0.1) is 0 Å². The van der Waals surface area contributed by atoms with E-state index in [1.165, 1.54) is 5.56 Å². The lowest BCUT2D eigenvalue weighted by Gasteiger charge is -2.16. The zero-order valence-electron chi connectivity index (χ0n) is 8.36. The van der Waals surface area contributed by atoms with Crippen LogP contribution >= 0.6 is 0 Å². The van der Waals surface area contributed by atoms with Crippen LogP contribution in [0.3, 0.4) is 0 Å². The summed E-state index contributed by atoms with van der Waals surface area (Å²) in [5.74, 6) is 0.478. The van der Waals surface area contributed by atoms with Crippen molar-refractivity contribution in [2.24, 2.45) is 5.10 Å². The third-order valence-electron chi connectivity index (χ3n) is 2.47. The molecule has 0 fully saturated rings. The predicted octanol–water partition coefficient (Wildman–Crippen LogP) is 0.435. The first kappa shape index (κ1) is 9.28. The standard InChI is InChI=1S/C10H13BN2O/c1-7(2)8-3-4-9-6-12-13-11(14)10(9)5-8/h3-7,13-14H,1-2H3. The highest BCUT2D eigenvalue weighted by molar-refractivity contribution is 6.65. The number of hydrogen-bond donors (Lipinski definition) is 2. The van der Waals surface area contributed by atoms with Gasteiger partial charge in [0.15, 0.2) is 0 Å². The van der Waals surface area contributed by atoms with Gasteiger partial charge in [0.2, 0.25) is 0 Å². The van der Waals surface area contributed by atoms with E-state index in [2.05, 4.69) is 30.4 Å². The van der Waals surface area contributed by atoms with Gasteiger partial charge in [0.25, 0.3) is 0 Å². The van der Waals surface area contributed by atoms with E-state index in [9.17, 15) is 5.02 Å². The number of fused-ring (bicyclic) bond motifs is 1. The Morgan fingerprint density at radius 1 is 1.43 bits per heavy atom. The number of rotatable bonds is 1. The maximum absolute atomic E-state index is 9.64. The van der Waals surface area contributed by atoms with E-state index in [1.807, 2.05) is 12.1 Å². The second kappa shape index (κ2) is 3.46. The fourth-order valence-electron chi connectivity index (χ4n) is 1.55. The summed E-state index contributed by atoms with van der Waals surface area (Å²) in [6, 6.07) is 6.11. The predicted molar refractivity (Wildman–Crippen MR) is 58.9 cm³/mol. The molecule has 0 spiro atoms. The molecule has 0 amide bonds. The summed E-state index contributed by atoms with van der Waals surface area (Å²) in [7, 11) is -0.673. The molecule has 14 heavy (non-hydrogen) atoms. The Bertz CT molecular complexity index is 376. The molecule has 1 aromatic rings. The Kier molecular flexibility index (Phi) is 2.29. The molecule has 1 aliphatic rings. The summed E-state index contributed by atoms with van der Waals surface area (Å²) < 4.78 is 0. The van der Waals surface area contributed by atoms with Crippen LogP contribution < -0.4 is 10.8 Å². The van der Waals surface area contributed by atoms with Gasteiger partial charge in [-0.2, -0.15) is 5.10 Å². The van der Waals surface area contributed by atoms with E-state index in [0.717, 1.165) is 11.0 Å². The molecule has 0 atom stereocenters. The molecule has 0 unspecified atom stereocenters. The molecular formula is C10H13BN2O. The maximum Gasteiger partial charge on any atom is 0.464 e. The third kappa shape index (κ3) is 1.53. The van der Waals surface area contributed by atoms with E-state index < -0.39 is 7.05 Å². The first-order valence-electron chi connectivity index (χ1n) is 4.79. The van der Waals surface area contributed by atoms with Gasteiger partial charge in [0.1, 0.15) is 0 Å². The van der Waals surface area contributed by atoms with Crippen molar-refractivity contribution in [3.05, 3.63) is 29.3 Å². The minimum Gasteiger partial charge on any atom is -0.428 e. The van der Waals surface area contributed by atoms with Crippen LogP contribution in [0.5, 0.6) is 0 Å². The molecule has 4 heteroatoms. The summed E-state index contributed by atoms with van der Waals surface area (Å²) in [5, 5.41) is 16.1. The van der Waals surface area contributed by atoms with Crippen molar-refractivity contribution < 1.29 is 5.02 Å². The summed E-state index contributed by atoms with van der Waals surface area (Å²) in [5.41, 5.74) is 3.13. The zero-order valence-corrected chi connectivity index (χ0v) is 8.36. The second-order valence-electron chi connectivity index (χ2n) is 3.83. The Morgan fingerprint density at radius 2 is 2.21 bits per heavy atom. The molecular weight excluding hydrogens is 175 g/mol. The largest absolute Gasteiger partial charge is 0.464 e. The van der Waals surface area contributed by atoms with Crippen molar-refractivity contribution in [1.82, 2.24) is 5.34 Å². The highest BCUT2D eigenvalue weighted by Gasteiger charge is 2.21. The number of hydrogen-bond acceptors (Lipinski definition) is 3. The Morgan fingerprint density at radius 3 is 2.93 bits per heavy atom. The fourth-order valence-corrected chi connectivity index (χ4v) is 1.55. The molecule has 1 aliphatic heterocycles. The van der Waals surface area contributed by atoms with Crippen LogP contribution in [0.4, 0.5) is 0 Å². The Labute approximate surface area is 84.0 Å². The summed E-state index contributed by atoms with van der Waals surface area (Å²) in [4.78, 5) is 0. The van der Waals surface area contributed by atoms with Crippen LogP contribution in [0.15, 0.2) is 23.3 Å². The van der Waals surface area contributed by atoms with Crippen LogP contribution in [0.25, 0.3) is 0 Å². The van der Waals surface area contributed by atoms with E-state index in [1.54, 1.807) is 6.21 Å². The quantitative estimate of drug-likeness (QED) is 0.628. The highest BCUT2D eigenvalue weighted by atomic mass is 16.2. The molecule has 0 saturated carbocycles. The molecule has 2 rings (SSSR count). The molecule has 0 radical (unpaired) electrons. The lowest BCUT2D eigenvalue weighted by Crippen LogP contribution is -2.47. The van der Waals surface area contributed by atoms with Crippen LogP contribution in [-0.4, -0.2) is 18.3 Å². The fraction of sp³-hybridized carbons (Fsp3) is 0.300. The summed E-state index contributed by atoms with van der Waals surface area (Å²) in [6.07, 6.45) is 1.73. The maximum atomic E-state index is 9.64. The van der Waals surface area contributed by atoms with Crippen molar-refractivity contribution in [3.63, 3.8) is 0 Å². The van der Waals surface area contributed by atoms with E-state index in [4.69, 9.17) is 0 Å². The van der Waals surface area contributed by atoms with Gasteiger partial charge < -0.3 is 10.4 Å². The average molecular weight is 188 g/mol. The molecule has 3 nitrogen and oxygen atoms in total. The molecule has 0 saturated heterocycles.